The molecule has 2 N–H and O–H groups in total. The molecule has 3 heterocycles. The minimum absolute atomic E-state index is 0.0728. The molecule has 40 heavy (non-hydrogen) atoms. The second-order valence-electron chi connectivity index (χ2n) is 10.2. The number of nitrogens with zero attached hydrogens (tertiary/aromatic N) is 3. The predicted octanol–water partition coefficient (Wildman–Crippen LogP) is 6.64. The van der Waals surface area contributed by atoms with Crippen LogP contribution in [0.2, 0.25) is 0 Å². The molecule has 0 unspecified atom stereocenters. The van der Waals surface area contributed by atoms with Gasteiger partial charge in [0.05, 0.1) is 30.6 Å². The van der Waals surface area contributed by atoms with E-state index >= 15 is 0 Å². The molecule has 206 valence electrons. The smallest absolute Gasteiger partial charge is 0.224 e. The Morgan fingerprint density at radius 1 is 1.07 bits per heavy atom. The van der Waals surface area contributed by atoms with E-state index in [1.54, 1.807) is 7.11 Å². The molecule has 0 radical (unpaired) electrons. The van der Waals surface area contributed by atoms with Crippen molar-refractivity contribution < 1.29 is 9.53 Å². The van der Waals surface area contributed by atoms with E-state index in [0.717, 1.165) is 28.3 Å². The molecule has 2 atom stereocenters. The molecule has 1 saturated heterocycles. The Bertz CT molecular complexity index is 1580. The number of carbonyl (C=O) groups excluding carboxylic acids is 1. The molecule has 0 aliphatic carbocycles. The lowest BCUT2D eigenvalue weighted by Gasteiger charge is -2.29. The van der Waals surface area contributed by atoms with Crippen LogP contribution >= 0.6 is 12.2 Å². The van der Waals surface area contributed by atoms with Crippen LogP contribution in [0.25, 0.3) is 5.69 Å². The number of amides is 1. The number of benzene rings is 2. The van der Waals surface area contributed by atoms with Crippen molar-refractivity contribution in [2.24, 2.45) is 0 Å². The summed E-state index contributed by atoms with van der Waals surface area (Å²) >= 11 is 5.96. The van der Waals surface area contributed by atoms with Gasteiger partial charge in [-0.25, -0.2) is 0 Å². The number of aryl methyl sites for hydroxylation is 2. The van der Waals surface area contributed by atoms with Crippen LogP contribution in [0, 0.1) is 27.7 Å². The van der Waals surface area contributed by atoms with Crippen molar-refractivity contribution >= 4 is 34.6 Å². The first-order valence-corrected chi connectivity index (χ1v) is 13.9. The van der Waals surface area contributed by atoms with Gasteiger partial charge in [-0.1, -0.05) is 25.1 Å². The number of aromatic nitrogens is 2. The Morgan fingerprint density at radius 3 is 2.58 bits per heavy atom. The molecule has 7 nitrogen and oxygen atoms in total. The van der Waals surface area contributed by atoms with Gasteiger partial charge in [0, 0.05) is 41.4 Å². The first kappa shape index (κ1) is 27.4. The molecule has 1 fully saturated rings. The van der Waals surface area contributed by atoms with Gasteiger partial charge < -0.3 is 24.8 Å². The normalized spacial score (nSPS) is 16.6. The second-order valence-corrected chi connectivity index (χ2v) is 10.6. The van der Waals surface area contributed by atoms with Crippen LogP contribution in [0.1, 0.15) is 59.2 Å². The van der Waals surface area contributed by atoms with E-state index in [1.807, 2.05) is 49.5 Å². The molecule has 2 aromatic carbocycles. The Morgan fingerprint density at radius 2 is 1.88 bits per heavy atom. The van der Waals surface area contributed by atoms with Crippen LogP contribution < -0.4 is 20.3 Å². The van der Waals surface area contributed by atoms with Crippen molar-refractivity contribution in [2.45, 2.75) is 53.1 Å². The van der Waals surface area contributed by atoms with Crippen molar-refractivity contribution in [1.82, 2.24) is 14.9 Å². The number of hydrogen-bond acceptors (Lipinski definition) is 4. The van der Waals surface area contributed by atoms with Crippen molar-refractivity contribution in [1.29, 1.82) is 0 Å². The highest BCUT2D eigenvalue weighted by atomic mass is 32.1. The van der Waals surface area contributed by atoms with E-state index in [2.05, 4.69) is 72.1 Å². The minimum Gasteiger partial charge on any atom is -0.494 e. The quantitative estimate of drug-likeness (QED) is 0.250. The molecule has 8 heteroatoms. The molecule has 1 aliphatic heterocycles. The number of nitrogens with one attached hydrogen (secondary N) is 2. The van der Waals surface area contributed by atoms with E-state index in [0.29, 0.717) is 23.0 Å². The fourth-order valence-corrected chi connectivity index (χ4v) is 5.90. The number of ether oxygens (including phenoxy) is 1. The highest BCUT2D eigenvalue weighted by molar-refractivity contribution is 7.80. The van der Waals surface area contributed by atoms with Crippen LogP contribution in [0.4, 0.5) is 11.4 Å². The number of rotatable bonds is 7. The SMILES string of the molecule is CCC(=O)Nc1ccc(N2C(=S)N[C@H](c3ccccn3)[C@@H]2c2cc(C)n(-c3cccc(C)c3C)c2C)cc1OC. The maximum atomic E-state index is 12.1. The Balaban J connectivity index is 1.66. The Kier molecular flexibility index (Phi) is 7.63. The molecule has 5 rings (SSSR count). The van der Waals surface area contributed by atoms with Crippen molar-refractivity contribution in [3.63, 3.8) is 0 Å². The van der Waals surface area contributed by atoms with Crippen molar-refractivity contribution in [3.05, 3.63) is 101 Å². The zero-order valence-electron chi connectivity index (χ0n) is 23.8. The van der Waals surface area contributed by atoms with Crippen LogP contribution in [0.15, 0.2) is 66.9 Å². The second kappa shape index (κ2) is 11.1. The van der Waals surface area contributed by atoms with Gasteiger partial charge in [-0.15, -0.1) is 0 Å². The minimum atomic E-state index is -0.174. The number of thiocarbonyl (C=S) groups is 1. The predicted molar refractivity (Wildman–Crippen MR) is 165 cm³/mol. The van der Waals surface area contributed by atoms with Gasteiger partial charge in [-0.05, 0) is 93.0 Å². The molecule has 0 saturated carbocycles. The Labute approximate surface area is 241 Å². The highest BCUT2D eigenvalue weighted by Crippen LogP contribution is 2.45. The monoisotopic (exact) mass is 553 g/mol. The zero-order chi connectivity index (χ0) is 28.6. The summed E-state index contributed by atoms with van der Waals surface area (Å²) in [5.74, 6) is 0.499. The molecular formula is C32H35N5O2S. The third-order valence-electron chi connectivity index (χ3n) is 7.76. The fourth-order valence-electron chi connectivity index (χ4n) is 5.56. The van der Waals surface area contributed by atoms with E-state index in [-0.39, 0.29) is 18.0 Å². The molecule has 1 amide bonds. The van der Waals surface area contributed by atoms with Crippen LogP contribution in [-0.2, 0) is 4.79 Å². The summed E-state index contributed by atoms with van der Waals surface area (Å²) in [5.41, 5.74) is 9.53. The zero-order valence-corrected chi connectivity index (χ0v) is 24.6. The highest BCUT2D eigenvalue weighted by Gasteiger charge is 2.42. The summed E-state index contributed by atoms with van der Waals surface area (Å²) in [4.78, 5) is 18.9. The van der Waals surface area contributed by atoms with Gasteiger partial charge in [-0.2, -0.15) is 0 Å². The molecule has 0 bridgehead atoms. The molecule has 1 aliphatic rings. The third-order valence-corrected chi connectivity index (χ3v) is 8.08. The largest absolute Gasteiger partial charge is 0.494 e. The molecule has 4 aromatic rings. The first-order valence-electron chi connectivity index (χ1n) is 13.5. The van der Waals surface area contributed by atoms with Crippen molar-refractivity contribution in [3.8, 4) is 11.4 Å². The summed E-state index contributed by atoms with van der Waals surface area (Å²) in [6.07, 6.45) is 2.20. The van der Waals surface area contributed by atoms with Crippen LogP contribution in [0.3, 0.4) is 0 Å². The maximum absolute atomic E-state index is 12.1. The summed E-state index contributed by atoms with van der Waals surface area (Å²) < 4.78 is 8.02. The summed E-state index contributed by atoms with van der Waals surface area (Å²) in [5, 5.41) is 7.07. The van der Waals surface area contributed by atoms with E-state index in [9.17, 15) is 4.79 Å². The number of hydrogen-bond donors (Lipinski definition) is 2. The number of pyridine rings is 1. The third kappa shape index (κ3) is 4.84. The van der Waals surface area contributed by atoms with Gasteiger partial charge in [0.15, 0.2) is 5.11 Å². The number of anilines is 2. The molecule has 0 spiro atoms. The van der Waals surface area contributed by atoms with E-state index in [1.165, 1.54) is 16.8 Å². The average molecular weight is 554 g/mol. The van der Waals surface area contributed by atoms with Gasteiger partial charge in [0.25, 0.3) is 0 Å². The standard InChI is InChI=1S/C32H35N5O2S/c1-7-29(38)34-25-15-14-23(18-28(25)39-6)37-31(30(35-32(37)40)26-12-8-9-16-33-26)24-17-20(3)36(22(24)5)27-13-10-11-19(2)21(27)4/h8-18,30-31H,7H2,1-6H3,(H,34,38)(H,35,40)/t30-,31+/m1/s1. The lowest BCUT2D eigenvalue weighted by atomic mass is 9.96. The van der Waals surface area contributed by atoms with E-state index < -0.39 is 0 Å². The molecule has 2 aromatic heterocycles. The summed E-state index contributed by atoms with van der Waals surface area (Å²) in [6, 6.07) is 20.1. The maximum Gasteiger partial charge on any atom is 0.224 e. The Hall–Kier alpha value is -4.17. The van der Waals surface area contributed by atoms with Crippen LogP contribution in [-0.4, -0.2) is 27.7 Å². The topological polar surface area (TPSA) is 71.4 Å². The van der Waals surface area contributed by atoms with E-state index in [4.69, 9.17) is 21.9 Å². The lowest BCUT2D eigenvalue weighted by molar-refractivity contribution is -0.115. The van der Waals surface area contributed by atoms with Gasteiger partial charge in [-0.3, -0.25) is 9.78 Å². The lowest BCUT2D eigenvalue weighted by Crippen LogP contribution is -2.29. The van der Waals surface area contributed by atoms with Gasteiger partial charge in [0.2, 0.25) is 5.91 Å². The number of carbonyl (C=O) groups is 1. The summed E-state index contributed by atoms with van der Waals surface area (Å²) in [6.45, 7) is 10.5. The average Bonchev–Trinajstić information content (AvgIpc) is 3.45. The number of methoxy groups -OCH3 is 1. The van der Waals surface area contributed by atoms with Crippen LogP contribution in [0.5, 0.6) is 5.75 Å². The van der Waals surface area contributed by atoms with Crippen molar-refractivity contribution in [2.75, 3.05) is 17.3 Å². The fraction of sp³-hybridized carbons (Fsp3) is 0.281. The van der Waals surface area contributed by atoms with Gasteiger partial charge >= 0.3 is 0 Å². The van der Waals surface area contributed by atoms with Gasteiger partial charge in [0.1, 0.15) is 5.75 Å². The first-order chi connectivity index (χ1) is 19.2. The molecular weight excluding hydrogens is 518 g/mol. The summed E-state index contributed by atoms with van der Waals surface area (Å²) in [7, 11) is 1.60.